The summed E-state index contributed by atoms with van der Waals surface area (Å²) in [4.78, 5) is 39.4. The highest BCUT2D eigenvalue weighted by Gasteiger charge is 2.58. The van der Waals surface area contributed by atoms with Crippen LogP contribution in [0, 0.1) is 0 Å². The summed E-state index contributed by atoms with van der Waals surface area (Å²) >= 11 is 0.853. The van der Waals surface area contributed by atoms with Gasteiger partial charge in [-0.05, 0) is 24.3 Å². The quantitative estimate of drug-likeness (QED) is 0.608. The molecule has 0 bridgehead atoms. The highest BCUT2D eigenvalue weighted by molar-refractivity contribution is 8.02. The van der Waals surface area contributed by atoms with E-state index in [0.717, 1.165) is 11.8 Å². The summed E-state index contributed by atoms with van der Waals surface area (Å²) in [7, 11) is 0. The molecule has 1 spiro atoms. The third-order valence-corrected chi connectivity index (χ3v) is 5.66. The van der Waals surface area contributed by atoms with Crippen LogP contribution in [-0.4, -0.2) is 21.6 Å². The second-order valence-electron chi connectivity index (χ2n) is 5.81. The number of nitrogens with one attached hydrogen (secondary N) is 2. The number of thioether (sulfide) groups is 1. The fraction of sp³-hybridized carbons (Fsp3) is 0.0556. The Bertz CT molecular complexity index is 1150. The van der Waals surface area contributed by atoms with Gasteiger partial charge in [0.15, 0.2) is 5.75 Å². The summed E-state index contributed by atoms with van der Waals surface area (Å²) in [6, 6.07) is 13.9. The van der Waals surface area contributed by atoms with Gasteiger partial charge in [0.1, 0.15) is 4.90 Å². The van der Waals surface area contributed by atoms with Crippen molar-refractivity contribution in [2.75, 3.05) is 5.32 Å². The zero-order chi connectivity index (χ0) is 17.2. The average molecular weight is 350 g/mol. The number of rotatable bonds is 0. The molecular formula is C18H10N2O4S. The van der Waals surface area contributed by atoms with Gasteiger partial charge in [-0.2, -0.15) is 0 Å². The number of ether oxygens (including phenoxy) is 1. The SMILES string of the molecule is O=C1Nc2ccccc2C(=O)C12Oc1c(c(=O)[nH]c3ccccc13)S2. The van der Waals surface area contributed by atoms with Crippen LogP contribution in [0.25, 0.3) is 10.9 Å². The summed E-state index contributed by atoms with van der Waals surface area (Å²) in [5.74, 6) is -0.773. The molecule has 1 amide bonds. The molecule has 0 fully saturated rings. The molecule has 0 saturated carbocycles. The number of H-pyrrole nitrogens is 1. The molecular weight excluding hydrogens is 340 g/mol. The number of carbonyl (C=O) groups is 2. The molecule has 1 atom stereocenters. The maximum absolute atomic E-state index is 13.0. The lowest BCUT2D eigenvalue weighted by Crippen LogP contribution is -2.53. The van der Waals surface area contributed by atoms with Gasteiger partial charge in [0.2, 0.25) is 5.78 Å². The number of para-hydroxylation sites is 2. The summed E-state index contributed by atoms with van der Waals surface area (Å²) in [5.41, 5.74) is 1.02. The first-order chi connectivity index (χ1) is 12.1. The number of aromatic amines is 1. The number of aromatic nitrogens is 1. The molecule has 2 aliphatic heterocycles. The Balaban J connectivity index is 1.74. The number of anilines is 1. The molecule has 2 N–H and O–H groups in total. The van der Waals surface area contributed by atoms with Gasteiger partial charge in [0, 0.05) is 10.9 Å². The number of fused-ring (bicyclic) bond motifs is 4. The van der Waals surface area contributed by atoms with Crippen molar-refractivity contribution in [1.82, 2.24) is 4.98 Å². The van der Waals surface area contributed by atoms with Gasteiger partial charge in [-0.3, -0.25) is 14.4 Å². The predicted molar refractivity (Wildman–Crippen MR) is 93.2 cm³/mol. The Morgan fingerprint density at radius 1 is 0.960 bits per heavy atom. The van der Waals surface area contributed by atoms with Crippen LogP contribution in [-0.2, 0) is 4.79 Å². The fourth-order valence-electron chi connectivity index (χ4n) is 3.16. The van der Waals surface area contributed by atoms with Crippen molar-refractivity contribution in [1.29, 1.82) is 0 Å². The fourth-order valence-corrected chi connectivity index (χ4v) is 4.30. The molecule has 122 valence electrons. The van der Waals surface area contributed by atoms with Gasteiger partial charge in [-0.1, -0.05) is 36.0 Å². The number of Topliss-reactive ketones (excluding diaryl/α,β-unsaturated/α-hetero) is 1. The van der Waals surface area contributed by atoms with Crippen molar-refractivity contribution in [2.45, 2.75) is 9.83 Å². The Labute approximate surface area is 145 Å². The Kier molecular flexibility index (Phi) is 2.71. The van der Waals surface area contributed by atoms with E-state index >= 15 is 0 Å². The topological polar surface area (TPSA) is 88.3 Å². The van der Waals surface area contributed by atoms with Gasteiger partial charge < -0.3 is 15.0 Å². The van der Waals surface area contributed by atoms with E-state index in [9.17, 15) is 14.4 Å². The van der Waals surface area contributed by atoms with Crippen LogP contribution in [0.15, 0.2) is 58.2 Å². The van der Waals surface area contributed by atoms with Crippen LogP contribution < -0.4 is 15.6 Å². The molecule has 2 aliphatic rings. The normalized spacial score (nSPS) is 21.0. The standard InChI is InChI=1S/C18H10N2O4S/c21-15-10-6-2-4-8-12(10)20-17(23)18(15)24-13-9-5-1-3-7-11(9)19-16(22)14(13)25-18/h1-8H,(H,19,22)(H,20,23). The highest BCUT2D eigenvalue weighted by atomic mass is 32.2. The van der Waals surface area contributed by atoms with Gasteiger partial charge in [0.05, 0.1) is 11.2 Å². The number of ketones is 1. The Morgan fingerprint density at radius 3 is 2.60 bits per heavy atom. The van der Waals surface area contributed by atoms with Crippen LogP contribution in [0.3, 0.4) is 0 Å². The molecule has 6 nitrogen and oxygen atoms in total. The van der Waals surface area contributed by atoms with Gasteiger partial charge in [-0.15, -0.1) is 0 Å². The monoisotopic (exact) mass is 350 g/mol. The minimum absolute atomic E-state index is 0.238. The Morgan fingerprint density at radius 2 is 1.72 bits per heavy atom. The average Bonchev–Trinajstić information content (AvgIpc) is 3.03. The minimum Gasteiger partial charge on any atom is -0.457 e. The van der Waals surface area contributed by atoms with Crippen LogP contribution >= 0.6 is 11.8 Å². The molecule has 5 rings (SSSR count). The minimum atomic E-state index is -1.81. The third kappa shape index (κ3) is 1.78. The summed E-state index contributed by atoms with van der Waals surface area (Å²) < 4.78 is 5.89. The van der Waals surface area contributed by atoms with E-state index in [1.54, 1.807) is 48.5 Å². The molecule has 25 heavy (non-hydrogen) atoms. The number of benzene rings is 2. The second-order valence-corrected chi connectivity index (χ2v) is 6.99. The molecule has 0 saturated heterocycles. The number of pyridine rings is 1. The number of amides is 1. The van der Waals surface area contributed by atoms with E-state index in [0.29, 0.717) is 22.2 Å². The number of hydrogen-bond donors (Lipinski definition) is 2. The third-order valence-electron chi connectivity index (χ3n) is 4.34. The van der Waals surface area contributed by atoms with E-state index in [1.165, 1.54) is 0 Å². The molecule has 1 aromatic heterocycles. The Hall–Kier alpha value is -3.06. The highest BCUT2D eigenvalue weighted by Crippen LogP contribution is 2.51. The van der Waals surface area contributed by atoms with Crippen LogP contribution in [0.1, 0.15) is 10.4 Å². The second kappa shape index (κ2) is 4.73. The molecule has 0 radical (unpaired) electrons. The van der Waals surface area contributed by atoms with Gasteiger partial charge >= 0.3 is 0 Å². The van der Waals surface area contributed by atoms with Crippen molar-refractivity contribution in [2.24, 2.45) is 0 Å². The zero-order valence-electron chi connectivity index (χ0n) is 12.7. The van der Waals surface area contributed by atoms with E-state index in [1.807, 2.05) is 0 Å². The maximum Gasteiger partial charge on any atom is 0.300 e. The van der Waals surface area contributed by atoms with E-state index in [-0.39, 0.29) is 16.2 Å². The smallest absolute Gasteiger partial charge is 0.300 e. The van der Waals surface area contributed by atoms with E-state index in [4.69, 9.17) is 4.74 Å². The van der Waals surface area contributed by atoms with E-state index < -0.39 is 16.6 Å². The molecule has 1 unspecified atom stereocenters. The molecule has 7 heteroatoms. The molecule has 2 aromatic carbocycles. The first-order valence-electron chi connectivity index (χ1n) is 7.58. The molecule has 0 aliphatic carbocycles. The lowest BCUT2D eigenvalue weighted by atomic mass is 9.98. The lowest BCUT2D eigenvalue weighted by molar-refractivity contribution is -0.122. The lowest BCUT2D eigenvalue weighted by Gasteiger charge is -2.30. The van der Waals surface area contributed by atoms with Crippen molar-refractivity contribution in [3.05, 3.63) is 64.4 Å². The first kappa shape index (κ1) is 14.3. The summed E-state index contributed by atoms with van der Waals surface area (Å²) in [5, 5.41) is 3.36. The van der Waals surface area contributed by atoms with Crippen LogP contribution in [0.4, 0.5) is 5.69 Å². The van der Waals surface area contributed by atoms with Crippen LogP contribution in [0.5, 0.6) is 5.75 Å². The summed E-state index contributed by atoms with van der Waals surface area (Å²) in [6.45, 7) is 0. The van der Waals surface area contributed by atoms with Crippen molar-refractivity contribution in [3.63, 3.8) is 0 Å². The summed E-state index contributed by atoms with van der Waals surface area (Å²) in [6.07, 6.45) is 0. The first-order valence-corrected chi connectivity index (χ1v) is 8.40. The van der Waals surface area contributed by atoms with Crippen molar-refractivity contribution in [3.8, 4) is 5.75 Å². The number of hydrogen-bond acceptors (Lipinski definition) is 5. The largest absolute Gasteiger partial charge is 0.457 e. The van der Waals surface area contributed by atoms with E-state index in [2.05, 4.69) is 10.3 Å². The van der Waals surface area contributed by atoms with Crippen LogP contribution in [0.2, 0.25) is 0 Å². The molecule has 3 heterocycles. The van der Waals surface area contributed by atoms with Gasteiger partial charge in [-0.25, -0.2) is 0 Å². The molecule has 3 aromatic rings. The van der Waals surface area contributed by atoms with Crippen molar-refractivity contribution >= 4 is 40.0 Å². The number of carbonyl (C=O) groups excluding carboxylic acids is 2. The maximum atomic E-state index is 13.0. The predicted octanol–water partition coefficient (Wildman–Crippen LogP) is 2.54. The van der Waals surface area contributed by atoms with Crippen molar-refractivity contribution < 1.29 is 14.3 Å². The van der Waals surface area contributed by atoms with Gasteiger partial charge in [0.25, 0.3) is 16.4 Å². The zero-order valence-corrected chi connectivity index (χ0v) is 13.5.